The maximum atomic E-state index is 13.4. The van der Waals surface area contributed by atoms with Crippen LogP contribution in [0, 0.1) is 11.6 Å². The Bertz CT molecular complexity index is 714. The number of carboxylic acid groups (broad SMARTS) is 1. The lowest BCUT2D eigenvalue weighted by atomic mass is 10.2. The van der Waals surface area contributed by atoms with E-state index in [0.29, 0.717) is 12.2 Å². The monoisotopic (exact) mass is 336 g/mol. The van der Waals surface area contributed by atoms with Gasteiger partial charge in [0, 0.05) is 42.6 Å². The molecule has 8 heteroatoms. The van der Waals surface area contributed by atoms with Gasteiger partial charge in [-0.15, -0.1) is 0 Å². The van der Waals surface area contributed by atoms with E-state index in [1.165, 1.54) is 12.1 Å². The van der Waals surface area contributed by atoms with Gasteiger partial charge in [-0.2, -0.15) is 5.10 Å². The number of hydrogen-bond donors (Lipinski definition) is 2. The number of halogens is 2. The standard InChI is InChI=1S/C16H18F2N4O2/c17-12-4-13(18)6-15(5-12)22-3-1-2-14(22)10-21-9-11(8-20-21)7-19-16(23)24/h4-6,8-9,14,19H,1-3,7,10H2,(H,23,24)/t14-/m0/s1. The van der Waals surface area contributed by atoms with E-state index in [1.54, 1.807) is 17.1 Å². The first kappa shape index (κ1) is 16.2. The molecule has 1 aromatic heterocycles. The van der Waals surface area contributed by atoms with Gasteiger partial charge in [-0.1, -0.05) is 0 Å². The van der Waals surface area contributed by atoms with E-state index < -0.39 is 17.7 Å². The molecule has 2 aromatic rings. The SMILES string of the molecule is O=C(O)NCc1cnn(C[C@@H]2CCCN2c2cc(F)cc(F)c2)c1. The highest BCUT2D eigenvalue weighted by atomic mass is 19.1. The molecule has 1 aliphatic rings. The van der Waals surface area contributed by atoms with Crippen LogP contribution in [0.1, 0.15) is 18.4 Å². The van der Waals surface area contributed by atoms with Crippen molar-refractivity contribution in [1.82, 2.24) is 15.1 Å². The van der Waals surface area contributed by atoms with Gasteiger partial charge in [-0.3, -0.25) is 4.68 Å². The summed E-state index contributed by atoms with van der Waals surface area (Å²) in [5, 5.41) is 15.1. The first-order chi connectivity index (χ1) is 11.5. The predicted molar refractivity (Wildman–Crippen MR) is 83.8 cm³/mol. The van der Waals surface area contributed by atoms with E-state index >= 15 is 0 Å². The summed E-state index contributed by atoms with van der Waals surface area (Å²) in [7, 11) is 0. The second kappa shape index (κ2) is 6.86. The zero-order valence-corrected chi connectivity index (χ0v) is 13.0. The summed E-state index contributed by atoms with van der Waals surface area (Å²) < 4.78 is 28.6. The summed E-state index contributed by atoms with van der Waals surface area (Å²) in [6.07, 6.45) is 4.14. The van der Waals surface area contributed by atoms with E-state index in [4.69, 9.17) is 5.11 Å². The quantitative estimate of drug-likeness (QED) is 0.880. The Balaban J connectivity index is 1.69. The number of nitrogens with zero attached hydrogens (tertiary/aromatic N) is 3. The highest BCUT2D eigenvalue weighted by Gasteiger charge is 2.26. The van der Waals surface area contributed by atoms with Crippen molar-refractivity contribution >= 4 is 11.8 Å². The Morgan fingerprint density at radius 1 is 1.33 bits per heavy atom. The van der Waals surface area contributed by atoms with Gasteiger partial charge in [0.1, 0.15) is 11.6 Å². The number of nitrogens with one attached hydrogen (secondary N) is 1. The topological polar surface area (TPSA) is 70.4 Å². The number of amides is 1. The van der Waals surface area contributed by atoms with Crippen LogP contribution in [0.4, 0.5) is 19.3 Å². The zero-order valence-electron chi connectivity index (χ0n) is 13.0. The fraction of sp³-hybridized carbons (Fsp3) is 0.375. The highest BCUT2D eigenvalue weighted by molar-refractivity contribution is 5.64. The third-order valence-corrected chi connectivity index (χ3v) is 4.08. The molecule has 0 saturated carbocycles. The lowest BCUT2D eigenvalue weighted by Crippen LogP contribution is -2.33. The molecule has 3 rings (SSSR count). The van der Waals surface area contributed by atoms with Crippen molar-refractivity contribution in [3.05, 3.63) is 47.8 Å². The minimum atomic E-state index is -1.09. The smallest absolute Gasteiger partial charge is 0.404 e. The van der Waals surface area contributed by atoms with Crippen LogP contribution in [-0.2, 0) is 13.1 Å². The minimum absolute atomic E-state index is 0.0892. The molecule has 0 radical (unpaired) electrons. The van der Waals surface area contributed by atoms with Crippen LogP contribution in [0.2, 0.25) is 0 Å². The molecule has 128 valence electrons. The highest BCUT2D eigenvalue weighted by Crippen LogP contribution is 2.27. The lowest BCUT2D eigenvalue weighted by Gasteiger charge is -2.27. The number of hydrogen-bond acceptors (Lipinski definition) is 3. The Hall–Kier alpha value is -2.64. The van der Waals surface area contributed by atoms with E-state index in [9.17, 15) is 13.6 Å². The van der Waals surface area contributed by atoms with Gasteiger partial charge in [-0.05, 0) is 25.0 Å². The van der Waals surface area contributed by atoms with Gasteiger partial charge in [0.05, 0.1) is 12.7 Å². The molecule has 1 fully saturated rings. The van der Waals surface area contributed by atoms with E-state index in [2.05, 4.69) is 10.4 Å². The molecule has 6 nitrogen and oxygen atoms in total. The van der Waals surface area contributed by atoms with Crippen molar-refractivity contribution in [1.29, 1.82) is 0 Å². The van der Waals surface area contributed by atoms with E-state index in [1.807, 2.05) is 4.90 Å². The number of anilines is 1. The second-order valence-corrected chi connectivity index (χ2v) is 5.85. The summed E-state index contributed by atoms with van der Waals surface area (Å²) in [6.45, 7) is 1.51. The Kier molecular flexibility index (Phi) is 4.64. The Morgan fingerprint density at radius 2 is 2.08 bits per heavy atom. The summed E-state index contributed by atoms with van der Waals surface area (Å²) in [5.41, 5.74) is 1.30. The van der Waals surface area contributed by atoms with Gasteiger partial charge in [-0.25, -0.2) is 13.6 Å². The lowest BCUT2D eigenvalue weighted by molar-refractivity contribution is 0.194. The third-order valence-electron chi connectivity index (χ3n) is 4.08. The molecule has 1 aliphatic heterocycles. The Labute approximate surface area is 137 Å². The molecule has 0 bridgehead atoms. The molecule has 0 unspecified atom stereocenters. The summed E-state index contributed by atoms with van der Waals surface area (Å²) >= 11 is 0. The molecule has 1 aromatic carbocycles. The van der Waals surface area contributed by atoms with Gasteiger partial charge in [0.2, 0.25) is 0 Å². The summed E-state index contributed by atoms with van der Waals surface area (Å²) in [6, 6.07) is 3.63. The van der Waals surface area contributed by atoms with Crippen LogP contribution < -0.4 is 10.2 Å². The molecule has 1 atom stereocenters. The van der Waals surface area contributed by atoms with E-state index in [0.717, 1.165) is 31.0 Å². The minimum Gasteiger partial charge on any atom is -0.465 e. The average Bonchev–Trinajstić information content (AvgIpc) is 3.14. The number of aromatic nitrogens is 2. The van der Waals surface area contributed by atoms with Crippen LogP contribution in [0.5, 0.6) is 0 Å². The van der Waals surface area contributed by atoms with Crippen molar-refractivity contribution in [3.8, 4) is 0 Å². The molecular formula is C16H18F2N4O2. The van der Waals surface area contributed by atoms with E-state index in [-0.39, 0.29) is 12.6 Å². The molecular weight excluding hydrogens is 318 g/mol. The van der Waals surface area contributed by atoms with Gasteiger partial charge >= 0.3 is 6.09 Å². The zero-order chi connectivity index (χ0) is 17.1. The number of benzene rings is 1. The van der Waals surface area contributed by atoms with Gasteiger partial charge in [0.25, 0.3) is 0 Å². The van der Waals surface area contributed by atoms with Crippen LogP contribution in [0.15, 0.2) is 30.6 Å². The predicted octanol–water partition coefficient (Wildman–Crippen LogP) is 2.60. The van der Waals surface area contributed by atoms with Gasteiger partial charge in [0.15, 0.2) is 0 Å². The number of carbonyl (C=O) groups is 1. The van der Waals surface area contributed by atoms with Gasteiger partial charge < -0.3 is 15.3 Å². The molecule has 24 heavy (non-hydrogen) atoms. The molecule has 2 N–H and O–H groups in total. The third kappa shape index (κ3) is 3.81. The van der Waals surface area contributed by atoms with Crippen molar-refractivity contribution in [2.24, 2.45) is 0 Å². The first-order valence-corrected chi connectivity index (χ1v) is 7.72. The number of rotatable bonds is 5. The maximum Gasteiger partial charge on any atom is 0.404 e. The molecule has 0 spiro atoms. The molecule has 2 heterocycles. The summed E-state index contributed by atoms with van der Waals surface area (Å²) in [4.78, 5) is 12.5. The molecule has 1 amide bonds. The maximum absolute atomic E-state index is 13.4. The fourth-order valence-corrected chi connectivity index (χ4v) is 3.06. The molecule has 1 saturated heterocycles. The second-order valence-electron chi connectivity index (χ2n) is 5.85. The average molecular weight is 336 g/mol. The van der Waals surface area contributed by atoms with Crippen LogP contribution in [-0.4, -0.2) is 33.6 Å². The van der Waals surface area contributed by atoms with Crippen molar-refractivity contribution in [3.63, 3.8) is 0 Å². The molecule has 0 aliphatic carbocycles. The van der Waals surface area contributed by atoms with Crippen molar-refractivity contribution in [2.75, 3.05) is 11.4 Å². The van der Waals surface area contributed by atoms with Crippen molar-refractivity contribution < 1.29 is 18.7 Å². The van der Waals surface area contributed by atoms with Crippen molar-refractivity contribution in [2.45, 2.75) is 32.0 Å². The van der Waals surface area contributed by atoms with Crippen LogP contribution in [0.3, 0.4) is 0 Å². The largest absolute Gasteiger partial charge is 0.465 e. The summed E-state index contributed by atoms with van der Waals surface area (Å²) in [5.74, 6) is -1.17. The fourth-order valence-electron chi connectivity index (χ4n) is 3.06. The van der Waals surface area contributed by atoms with Crippen LogP contribution in [0.25, 0.3) is 0 Å². The van der Waals surface area contributed by atoms with Crippen LogP contribution >= 0.6 is 0 Å². The normalized spacial score (nSPS) is 17.2. The first-order valence-electron chi connectivity index (χ1n) is 7.72. The Morgan fingerprint density at radius 3 is 2.79 bits per heavy atom.